The summed E-state index contributed by atoms with van der Waals surface area (Å²) < 4.78 is 13.1. The van der Waals surface area contributed by atoms with Crippen LogP contribution in [0.1, 0.15) is 18.3 Å². The Morgan fingerprint density at radius 1 is 1.20 bits per heavy atom. The lowest BCUT2D eigenvalue weighted by molar-refractivity contribution is 0.118. The summed E-state index contributed by atoms with van der Waals surface area (Å²) in [6.07, 6.45) is 4.59. The minimum Gasteiger partial charge on any atom is -0.494 e. The molecule has 1 saturated heterocycles. The van der Waals surface area contributed by atoms with Gasteiger partial charge in [0, 0.05) is 44.4 Å². The van der Waals surface area contributed by atoms with E-state index in [2.05, 4.69) is 26.1 Å². The third-order valence-corrected chi connectivity index (χ3v) is 4.88. The normalized spacial score (nSPS) is 20.4. The van der Waals surface area contributed by atoms with Gasteiger partial charge in [0.05, 0.1) is 19.3 Å². The van der Waals surface area contributed by atoms with Crippen molar-refractivity contribution in [1.82, 2.24) is 19.7 Å². The predicted molar refractivity (Wildman–Crippen MR) is 94.8 cm³/mol. The molecule has 1 aliphatic heterocycles. The van der Waals surface area contributed by atoms with Crippen molar-refractivity contribution in [2.75, 3.05) is 25.7 Å². The minimum atomic E-state index is 0.106. The van der Waals surface area contributed by atoms with Crippen LogP contribution >= 0.6 is 0 Å². The summed E-state index contributed by atoms with van der Waals surface area (Å²) in [6, 6.07) is 8.15. The first-order valence-corrected chi connectivity index (χ1v) is 8.28. The molecule has 7 heteroatoms. The van der Waals surface area contributed by atoms with E-state index < -0.39 is 0 Å². The number of pyridine rings is 1. The Morgan fingerprint density at radius 2 is 2.08 bits per heavy atom. The van der Waals surface area contributed by atoms with E-state index in [-0.39, 0.29) is 12.1 Å². The molecular weight excluding hydrogens is 318 g/mol. The average Bonchev–Trinajstić information content (AvgIpc) is 3.26. The van der Waals surface area contributed by atoms with Crippen molar-refractivity contribution in [1.29, 1.82) is 0 Å². The predicted octanol–water partition coefficient (Wildman–Crippen LogP) is 2.34. The number of para-hydroxylation sites is 1. The first kappa shape index (κ1) is 15.8. The molecule has 0 aliphatic carbocycles. The maximum Gasteiger partial charge on any atom is 0.155 e. The lowest BCUT2D eigenvalue weighted by atomic mass is 10.1. The monoisotopic (exact) mass is 339 g/mol. The van der Waals surface area contributed by atoms with Crippen LogP contribution in [0.3, 0.4) is 0 Å². The number of aryl methyl sites for hydroxylation is 1. The summed E-state index contributed by atoms with van der Waals surface area (Å²) in [5, 5.41) is 9.44. The summed E-state index contributed by atoms with van der Waals surface area (Å²) in [5.74, 6) is 1.71. The van der Waals surface area contributed by atoms with E-state index >= 15 is 0 Å². The number of hydrogen-bond acceptors (Lipinski definition) is 6. The van der Waals surface area contributed by atoms with E-state index in [1.54, 1.807) is 20.5 Å². The van der Waals surface area contributed by atoms with Crippen molar-refractivity contribution in [3.8, 4) is 5.75 Å². The summed E-state index contributed by atoms with van der Waals surface area (Å²) >= 11 is 0. The first-order valence-electron chi connectivity index (χ1n) is 8.28. The van der Waals surface area contributed by atoms with Gasteiger partial charge >= 0.3 is 0 Å². The van der Waals surface area contributed by atoms with Crippen molar-refractivity contribution in [2.45, 2.75) is 18.6 Å². The molecule has 0 radical (unpaired) electrons. The molecule has 1 fully saturated rings. The number of fused-ring (bicyclic) bond motifs is 1. The molecule has 130 valence electrons. The van der Waals surface area contributed by atoms with E-state index in [1.807, 2.05) is 36.0 Å². The Morgan fingerprint density at radius 3 is 2.80 bits per heavy atom. The van der Waals surface area contributed by atoms with Crippen LogP contribution in [0.2, 0.25) is 0 Å². The summed E-state index contributed by atoms with van der Waals surface area (Å²) in [4.78, 5) is 6.85. The number of nitrogens with zero attached hydrogens (tertiary/aromatic N) is 5. The SMILES string of the molecule is COc1cccc2c(N3C[C@H](OC)C[C@H]3c3nncn3C)ccnc12. The maximum absolute atomic E-state index is 5.65. The molecule has 2 atom stereocenters. The van der Waals surface area contributed by atoms with Gasteiger partial charge in [0.1, 0.15) is 17.6 Å². The van der Waals surface area contributed by atoms with E-state index in [0.717, 1.165) is 41.1 Å². The van der Waals surface area contributed by atoms with Crippen LogP contribution in [0.4, 0.5) is 5.69 Å². The highest BCUT2D eigenvalue weighted by molar-refractivity contribution is 5.95. The number of methoxy groups -OCH3 is 2. The molecule has 4 rings (SSSR count). The summed E-state index contributed by atoms with van der Waals surface area (Å²) in [7, 11) is 5.40. The quantitative estimate of drug-likeness (QED) is 0.727. The van der Waals surface area contributed by atoms with E-state index in [4.69, 9.17) is 9.47 Å². The molecule has 3 heterocycles. The molecule has 3 aromatic rings. The molecule has 0 amide bonds. The lowest BCUT2D eigenvalue weighted by Gasteiger charge is -2.27. The largest absolute Gasteiger partial charge is 0.494 e. The van der Waals surface area contributed by atoms with Crippen LogP contribution in [-0.2, 0) is 11.8 Å². The zero-order valence-corrected chi connectivity index (χ0v) is 14.6. The Hall–Kier alpha value is -2.67. The summed E-state index contributed by atoms with van der Waals surface area (Å²) in [5.41, 5.74) is 1.97. The number of rotatable bonds is 4. The first-order chi connectivity index (χ1) is 12.2. The molecule has 0 saturated carbocycles. The van der Waals surface area contributed by atoms with Gasteiger partial charge in [-0.15, -0.1) is 10.2 Å². The van der Waals surface area contributed by atoms with Gasteiger partial charge in [-0.3, -0.25) is 4.98 Å². The van der Waals surface area contributed by atoms with E-state index in [0.29, 0.717) is 0 Å². The number of anilines is 1. The van der Waals surface area contributed by atoms with Crippen molar-refractivity contribution in [3.63, 3.8) is 0 Å². The molecule has 0 unspecified atom stereocenters. The van der Waals surface area contributed by atoms with Crippen LogP contribution in [0, 0.1) is 0 Å². The van der Waals surface area contributed by atoms with E-state index in [9.17, 15) is 0 Å². The van der Waals surface area contributed by atoms with Crippen LogP contribution in [0.15, 0.2) is 36.8 Å². The van der Waals surface area contributed by atoms with Crippen molar-refractivity contribution >= 4 is 16.6 Å². The third-order valence-electron chi connectivity index (χ3n) is 4.88. The maximum atomic E-state index is 5.65. The molecule has 0 spiro atoms. The number of aromatic nitrogens is 4. The molecule has 25 heavy (non-hydrogen) atoms. The molecule has 2 aromatic heterocycles. The highest BCUT2D eigenvalue weighted by Gasteiger charge is 2.36. The Bertz CT molecular complexity index is 894. The second-order valence-corrected chi connectivity index (χ2v) is 6.25. The average molecular weight is 339 g/mol. The van der Waals surface area contributed by atoms with Gasteiger partial charge < -0.3 is 18.9 Å². The fraction of sp³-hybridized carbons (Fsp3) is 0.389. The zero-order valence-electron chi connectivity index (χ0n) is 14.6. The van der Waals surface area contributed by atoms with Crippen molar-refractivity contribution < 1.29 is 9.47 Å². The van der Waals surface area contributed by atoms with Gasteiger partial charge in [0.15, 0.2) is 5.82 Å². The molecular formula is C18H21N5O2. The van der Waals surface area contributed by atoms with Crippen LogP contribution in [0.5, 0.6) is 5.75 Å². The van der Waals surface area contributed by atoms with Crippen LogP contribution < -0.4 is 9.64 Å². The highest BCUT2D eigenvalue weighted by atomic mass is 16.5. The third kappa shape index (κ3) is 2.60. The second kappa shape index (κ2) is 6.33. The summed E-state index contributed by atoms with van der Waals surface area (Å²) in [6.45, 7) is 0.796. The topological polar surface area (TPSA) is 65.3 Å². The van der Waals surface area contributed by atoms with E-state index in [1.165, 1.54) is 0 Å². The van der Waals surface area contributed by atoms with Gasteiger partial charge in [-0.25, -0.2) is 0 Å². The second-order valence-electron chi connectivity index (χ2n) is 6.25. The number of benzene rings is 1. The minimum absolute atomic E-state index is 0.106. The van der Waals surface area contributed by atoms with Gasteiger partial charge in [-0.1, -0.05) is 12.1 Å². The fourth-order valence-corrected chi connectivity index (χ4v) is 3.62. The Labute approximate surface area is 146 Å². The fourth-order valence-electron chi connectivity index (χ4n) is 3.62. The Balaban J connectivity index is 1.84. The van der Waals surface area contributed by atoms with Gasteiger partial charge in [-0.2, -0.15) is 0 Å². The van der Waals surface area contributed by atoms with Crippen molar-refractivity contribution in [3.05, 3.63) is 42.6 Å². The number of hydrogen-bond donors (Lipinski definition) is 0. The lowest BCUT2D eigenvalue weighted by Crippen LogP contribution is -2.26. The molecule has 1 aromatic carbocycles. The van der Waals surface area contributed by atoms with Crippen LogP contribution in [-0.4, -0.2) is 46.6 Å². The number of ether oxygens (including phenoxy) is 2. The molecule has 0 N–H and O–H groups in total. The van der Waals surface area contributed by atoms with Gasteiger partial charge in [-0.05, 0) is 12.1 Å². The Kier molecular flexibility index (Phi) is 4.01. The van der Waals surface area contributed by atoms with Crippen LogP contribution in [0.25, 0.3) is 10.9 Å². The van der Waals surface area contributed by atoms with Crippen molar-refractivity contribution in [2.24, 2.45) is 7.05 Å². The highest BCUT2D eigenvalue weighted by Crippen LogP contribution is 2.40. The molecule has 7 nitrogen and oxygen atoms in total. The molecule has 0 bridgehead atoms. The standard InChI is InChI=1S/C18H21N5O2/c1-22-11-20-21-18(22)15-9-12(24-2)10-23(15)14-7-8-19-17-13(14)5-4-6-16(17)25-3/h4-8,11-12,15H,9-10H2,1-3H3/t12-,15+/m1/s1. The zero-order chi connectivity index (χ0) is 17.4. The molecule has 1 aliphatic rings. The van der Waals surface area contributed by atoms with Gasteiger partial charge in [0.25, 0.3) is 0 Å². The van der Waals surface area contributed by atoms with Gasteiger partial charge in [0.2, 0.25) is 0 Å². The smallest absolute Gasteiger partial charge is 0.155 e.